The highest BCUT2D eigenvalue weighted by Gasteiger charge is 2.26. The van der Waals surface area contributed by atoms with E-state index in [1.807, 2.05) is 0 Å². The normalized spacial score (nSPS) is 14.8. The van der Waals surface area contributed by atoms with Crippen LogP contribution >= 0.6 is 0 Å². The number of carbonyl (C=O) groups excluding carboxylic acids is 2. The Morgan fingerprint density at radius 1 is 1.40 bits per heavy atom. The number of halogens is 1. The van der Waals surface area contributed by atoms with E-state index in [9.17, 15) is 14.0 Å². The van der Waals surface area contributed by atoms with Crippen LogP contribution in [0.25, 0.3) is 0 Å². The molecule has 1 atom stereocenters. The van der Waals surface area contributed by atoms with E-state index in [4.69, 9.17) is 0 Å². The minimum atomic E-state index is -0.773. The van der Waals surface area contributed by atoms with Crippen LogP contribution in [0.2, 0.25) is 0 Å². The van der Waals surface area contributed by atoms with Crippen molar-refractivity contribution >= 4 is 11.8 Å². The van der Waals surface area contributed by atoms with Crippen molar-refractivity contribution in [2.24, 2.45) is 0 Å². The highest BCUT2D eigenvalue weighted by atomic mass is 19.1. The molecule has 1 saturated carbocycles. The fourth-order valence-electron chi connectivity index (χ4n) is 2.50. The van der Waals surface area contributed by atoms with Gasteiger partial charge < -0.3 is 10.6 Å². The van der Waals surface area contributed by atoms with E-state index in [0.29, 0.717) is 11.4 Å². The summed E-state index contributed by atoms with van der Waals surface area (Å²) in [6.07, 6.45) is 2.16. The summed E-state index contributed by atoms with van der Waals surface area (Å²) in [5.74, 6) is -0.549. The van der Waals surface area contributed by atoms with Crippen LogP contribution in [0.5, 0.6) is 0 Å². The molecule has 0 spiro atoms. The molecule has 0 saturated heterocycles. The first-order valence-electron chi connectivity index (χ1n) is 8.09. The van der Waals surface area contributed by atoms with E-state index in [1.165, 1.54) is 16.8 Å². The van der Waals surface area contributed by atoms with E-state index in [1.54, 1.807) is 19.1 Å². The van der Waals surface area contributed by atoms with Gasteiger partial charge in [0.25, 0.3) is 0 Å². The number of aryl methyl sites for hydroxylation is 1. The summed E-state index contributed by atoms with van der Waals surface area (Å²) < 4.78 is 14.8. The minimum absolute atomic E-state index is 0.115. The topological polar surface area (TPSA) is 102 Å². The quantitative estimate of drug-likeness (QED) is 0.751. The molecule has 1 aliphatic carbocycles. The maximum absolute atomic E-state index is 13.4. The van der Waals surface area contributed by atoms with E-state index in [2.05, 4.69) is 26.2 Å². The van der Waals surface area contributed by atoms with Crippen LogP contribution in [0.4, 0.5) is 4.39 Å². The van der Waals surface area contributed by atoms with E-state index in [-0.39, 0.29) is 30.7 Å². The molecule has 2 aromatic rings. The fraction of sp³-hybridized carbons (Fsp3) is 0.438. The predicted octanol–water partition coefficient (Wildman–Crippen LogP) is 0.299. The van der Waals surface area contributed by atoms with Gasteiger partial charge in [0.1, 0.15) is 17.7 Å². The third-order valence-electron chi connectivity index (χ3n) is 3.94. The Morgan fingerprint density at radius 3 is 2.84 bits per heavy atom. The molecule has 8 nitrogen and oxygen atoms in total. The van der Waals surface area contributed by atoms with Gasteiger partial charge in [0.05, 0.1) is 6.54 Å². The molecule has 1 aliphatic rings. The number of hydrogen-bond donors (Lipinski definition) is 2. The van der Waals surface area contributed by atoms with E-state index in [0.717, 1.165) is 12.8 Å². The number of carbonyl (C=O) groups is 2. The molecule has 1 aromatic heterocycles. The number of nitrogens with zero attached hydrogens (tertiary/aromatic N) is 4. The second kappa shape index (κ2) is 7.37. The Balaban J connectivity index is 1.70. The first-order chi connectivity index (χ1) is 12.0. The number of hydrogen-bond acceptors (Lipinski definition) is 5. The fourth-order valence-corrected chi connectivity index (χ4v) is 2.50. The van der Waals surface area contributed by atoms with Gasteiger partial charge in [0.2, 0.25) is 11.8 Å². The molecule has 0 aliphatic heterocycles. The van der Waals surface area contributed by atoms with Crippen molar-refractivity contribution in [3.05, 3.63) is 41.5 Å². The van der Waals surface area contributed by atoms with Crippen molar-refractivity contribution in [1.82, 2.24) is 30.8 Å². The number of rotatable bonds is 7. The van der Waals surface area contributed by atoms with Crippen molar-refractivity contribution in [2.75, 3.05) is 6.54 Å². The van der Waals surface area contributed by atoms with Crippen molar-refractivity contribution in [3.63, 3.8) is 0 Å². The van der Waals surface area contributed by atoms with Crippen LogP contribution in [-0.4, -0.2) is 44.6 Å². The summed E-state index contributed by atoms with van der Waals surface area (Å²) in [6.45, 7) is 1.56. The lowest BCUT2D eigenvalue weighted by molar-refractivity contribution is -0.128. The minimum Gasteiger partial charge on any atom is -0.352 e. The van der Waals surface area contributed by atoms with Gasteiger partial charge in [-0.2, -0.15) is 0 Å². The average Bonchev–Trinajstić information content (AvgIpc) is 3.29. The number of nitrogens with one attached hydrogen (secondary N) is 2. The van der Waals surface area contributed by atoms with Gasteiger partial charge in [0.15, 0.2) is 0 Å². The maximum Gasteiger partial charge on any atom is 0.245 e. The SMILES string of the molecule is Cc1nnnn1C(Cc1cccc(F)c1)C(=O)NCC(=O)NC1CC1. The predicted molar refractivity (Wildman–Crippen MR) is 85.9 cm³/mol. The second-order valence-corrected chi connectivity index (χ2v) is 6.08. The first kappa shape index (κ1) is 17.0. The zero-order chi connectivity index (χ0) is 17.8. The van der Waals surface area contributed by atoms with Crippen molar-refractivity contribution in [3.8, 4) is 0 Å². The number of benzene rings is 1. The van der Waals surface area contributed by atoms with Gasteiger partial charge in [-0.25, -0.2) is 9.07 Å². The number of amides is 2. The van der Waals surface area contributed by atoms with Crippen LogP contribution in [0, 0.1) is 12.7 Å². The molecular weight excluding hydrogens is 327 g/mol. The Hall–Kier alpha value is -2.84. The summed E-state index contributed by atoms with van der Waals surface area (Å²) in [6, 6.07) is 5.46. The molecule has 1 unspecified atom stereocenters. The zero-order valence-electron chi connectivity index (χ0n) is 13.8. The monoisotopic (exact) mass is 346 g/mol. The Bertz CT molecular complexity index is 773. The van der Waals surface area contributed by atoms with Crippen molar-refractivity contribution in [2.45, 2.75) is 38.3 Å². The van der Waals surface area contributed by atoms with Crippen LogP contribution in [0.15, 0.2) is 24.3 Å². The number of aromatic nitrogens is 4. The van der Waals surface area contributed by atoms with Crippen LogP contribution < -0.4 is 10.6 Å². The van der Waals surface area contributed by atoms with Crippen LogP contribution in [0.1, 0.15) is 30.3 Å². The molecule has 2 N–H and O–H groups in total. The van der Waals surface area contributed by atoms with Gasteiger partial charge in [-0.15, -0.1) is 5.10 Å². The lowest BCUT2D eigenvalue weighted by Crippen LogP contribution is -2.41. The van der Waals surface area contributed by atoms with E-state index < -0.39 is 11.9 Å². The summed E-state index contributed by atoms with van der Waals surface area (Å²) >= 11 is 0. The molecule has 1 heterocycles. The average molecular weight is 346 g/mol. The van der Waals surface area contributed by atoms with Gasteiger partial charge >= 0.3 is 0 Å². The molecule has 1 aromatic carbocycles. The van der Waals surface area contributed by atoms with Crippen molar-refractivity contribution in [1.29, 1.82) is 0 Å². The summed E-state index contributed by atoms with van der Waals surface area (Å²) in [4.78, 5) is 24.3. The number of tetrazole rings is 1. The Kier molecular flexibility index (Phi) is 5.01. The Morgan fingerprint density at radius 2 is 2.20 bits per heavy atom. The van der Waals surface area contributed by atoms with Crippen LogP contribution in [-0.2, 0) is 16.0 Å². The van der Waals surface area contributed by atoms with E-state index >= 15 is 0 Å². The second-order valence-electron chi connectivity index (χ2n) is 6.08. The van der Waals surface area contributed by atoms with Gasteiger partial charge in [-0.1, -0.05) is 12.1 Å². The maximum atomic E-state index is 13.4. The molecular formula is C16H19FN6O2. The summed E-state index contributed by atoms with van der Waals surface area (Å²) in [5, 5.41) is 16.6. The van der Waals surface area contributed by atoms with Gasteiger partial charge in [-0.3, -0.25) is 9.59 Å². The third-order valence-corrected chi connectivity index (χ3v) is 3.94. The highest BCUT2D eigenvalue weighted by Crippen LogP contribution is 2.18. The lowest BCUT2D eigenvalue weighted by atomic mass is 10.1. The summed E-state index contributed by atoms with van der Waals surface area (Å²) in [7, 11) is 0. The Labute approximate surface area is 143 Å². The lowest BCUT2D eigenvalue weighted by Gasteiger charge is -2.17. The van der Waals surface area contributed by atoms with Crippen LogP contribution in [0.3, 0.4) is 0 Å². The molecule has 0 radical (unpaired) electrons. The molecule has 1 fully saturated rings. The zero-order valence-corrected chi connectivity index (χ0v) is 13.8. The molecule has 9 heteroatoms. The smallest absolute Gasteiger partial charge is 0.245 e. The van der Waals surface area contributed by atoms with Gasteiger partial charge in [-0.05, 0) is 47.9 Å². The third kappa shape index (κ3) is 4.59. The summed E-state index contributed by atoms with van der Waals surface area (Å²) in [5.41, 5.74) is 0.637. The molecule has 3 rings (SSSR count). The first-order valence-corrected chi connectivity index (χ1v) is 8.09. The van der Waals surface area contributed by atoms with Gasteiger partial charge in [0, 0.05) is 12.5 Å². The molecule has 2 amide bonds. The highest BCUT2D eigenvalue weighted by molar-refractivity contribution is 5.87. The largest absolute Gasteiger partial charge is 0.352 e. The molecule has 0 bridgehead atoms. The standard InChI is InChI=1S/C16H19FN6O2/c1-10-20-21-22-23(10)14(8-11-3-2-4-12(17)7-11)16(25)18-9-15(24)19-13-5-6-13/h2-4,7,13-14H,5-6,8-9H2,1H3,(H,18,25)(H,19,24). The molecule has 25 heavy (non-hydrogen) atoms. The molecule has 132 valence electrons. The van der Waals surface area contributed by atoms with Crippen molar-refractivity contribution < 1.29 is 14.0 Å².